The Kier molecular flexibility index (Phi) is 6.84. The Morgan fingerprint density at radius 2 is 1.62 bits per heavy atom. The van der Waals surface area contributed by atoms with Crippen LogP contribution >= 0.6 is 0 Å². The van der Waals surface area contributed by atoms with E-state index in [0.29, 0.717) is 5.69 Å². The van der Waals surface area contributed by atoms with E-state index in [0.717, 1.165) is 5.56 Å². The highest BCUT2D eigenvalue weighted by atomic mass is 19.1. The van der Waals surface area contributed by atoms with Crippen LogP contribution in [0.2, 0.25) is 0 Å². The molecule has 0 bridgehead atoms. The van der Waals surface area contributed by atoms with Crippen molar-refractivity contribution >= 4 is 23.4 Å². The van der Waals surface area contributed by atoms with Crippen molar-refractivity contribution in [2.75, 3.05) is 25.5 Å². The van der Waals surface area contributed by atoms with E-state index in [2.05, 4.69) is 10.6 Å². The van der Waals surface area contributed by atoms with Gasteiger partial charge < -0.3 is 15.5 Å². The summed E-state index contributed by atoms with van der Waals surface area (Å²) in [4.78, 5) is 37.0. The lowest BCUT2D eigenvalue weighted by molar-refractivity contribution is -0.134. The van der Waals surface area contributed by atoms with E-state index in [1.807, 2.05) is 30.3 Å². The van der Waals surface area contributed by atoms with Gasteiger partial charge in [0.25, 0.3) is 0 Å². The molecule has 2 aromatic carbocycles. The highest BCUT2D eigenvalue weighted by molar-refractivity contribution is 5.95. The topological polar surface area (TPSA) is 78.5 Å². The number of anilines is 1. The molecule has 0 saturated heterocycles. The molecule has 0 aliphatic rings. The van der Waals surface area contributed by atoms with Crippen LogP contribution in [0.1, 0.15) is 5.56 Å². The third kappa shape index (κ3) is 6.35. The third-order valence-corrected chi connectivity index (χ3v) is 3.58. The van der Waals surface area contributed by atoms with Crippen LogP contribution in [0, 0.1) is 5.82 Å². The zero-order valence-corrected chi connectivity index (χ0v) is 14.4. The van der Waals surface area contributed by atoms with Gasteiger partial charge in [0.05, 0.1) is 19.5 Å². The van der Waals surface area contributed by atoms with Gasteiger partial charge in [0.15, 0.2) is 0 Å². The van der Waals surface area contributed by atoms with Crippen molar-refractivity contribution in [2.24, 2.45) is 0 Å². The minimum Gasteiger partial charge on any atom is -0.347 e. The molecule has 0 fully saturated rings. The van der Waals surface area contributed by atoms with Gasteiger partial charge in [-0.3, -0.25) is 14.4 Å². The minimum absolute atomic E-state index is 0.176. The van der Waals surface area contributed by atoms with Crippen LogP contribution in [0.15, 0.2) is 54.6 Å². The second-order valence-electron chi connectivity index (χ2n) is 5.74. The van der Waals surface area contributed by atoms with Crippen LogP contribution in [-0.2, 0) is 20.8 Å². The number of benzene rings is 2. The van der Waals surface area contributed by atoms with Gasteiger partial charge in [0.2, 0.25) is 17.7 Å². The molecule has 136 valence electrons. The normalized spacial score (nSPS) is 10.1. The Labute approximate surface area is 151 Å². The number of hydrogen-bond donors (Lipinski definition) is 2. The first-order valence-corrected chi connectivity index (χ1v) is 8.04. The summed E-state index contributed by atoms with van der Waals surface area (Å²) >= 11 is 0. The van der Waals surface area contributed by atoms with Crippen molar-refractivity contribution in [2.45, 2.75) is 6.42 Å². The second-order valence-corrected chi connectivity index (χ2v) is 5.74. The molecule has 0 atom stereocenters. The van der Waals surface area contributed by atoms with Gasteiger partial charge >= 0.3 is 0 Å². The van der Waals surface area contributed by atoms with Gasteiger partial charge in [-0.25, -0.2) is 4.39 Å². The fourth-order valence-electron chi connectivity index (χ4n) is 2.19. The van der Waals surface area contributed by atoms with Crippen LogP contribution in [0.5, 0.6) is 0 Å². The van der Waals surface area contributed by atoms with Crippen LogP contribution in [0.3, 0.4) is 0 Å². The van der Waals surface area contributed by atoms with Gasteiger partial charge in [-0.2, -0.15) is 0 Å². The Morgan fingerprint density at radius 1 is 0.962 bits per heavy atom. The molecule has 0 aliphatic carbocycles. The maximum absolute atomic E-state index is 12.8. The summed E-state index contributed by atoms with van der Waals surface area (Å²) in [5.41, 5.74) is 1.29. The minimum atomic E-state index is -0.414. The smallest absolute Gasteiger partial charge is 0.243 e. The first-order valence-electron chi connectivity index (χ1n) is 8.04. The van der Waals surface area contributed by atoms with Crippen molar-refractivity contribution in [1.82, 2.24) is 10.2 Å². The number of carbonyl (C=O) groups excluding carboxylic acids is 3. The summed E-state index contributed by atoms with van der Waals surface area (Å²) in [7, 11) is 1.47. The average molecular weight is 357 g/mol. The molecule has 2 rings (SSSR count). The van der Waals surface area contributed by atoms with Crippen LogP contribution in [-0.4, -0.2) is 42.8 Å². The summed E-state index contributed by atoms with van der Waals surface area (Å²) in [5, 5.41) is 5.10. The maximum atomic E-state index is 12.8. The second kappa shape index (κ2) is 9.31. The van der Waals surface area contributed by atoms with E-state index in [1.165, 1.54) is 36.2 Å². The van der Waals surface area contributed by atoms with Crippen LogP contribution < -0.4 is 10.6 Å². The third-order valence-electron chi connectivity index (χ3n) is 3.58. The molecule has 2 N–H and O–H groups in total. The SMILES string of the molecule is CN(CC(=O)Nc1ccc(F)cc1)C(=O)CNC(=O)Cc1ccccc1. The molecule has 0 aliphatic heterocycles. The summed E-state index contributed by atoms with van der Waals surface area (Å²) in [5.74, 6) is -1.47. The summed E-state index contributed by atoms with van der Waals surface area (Å²) < 4.78 is 12.8. The fraction of sp³-hybridized carbons (Fsp3) is 0.211. The molecule has 6 nitrogen and oxygen atoms in total. The Morgan fingerprint density at radius 3 is 2.27 bits per heavy atom. The molecule has 0 heterocycles. The monoisotopic (exact) mass is 357 g/mol. The van der Waals surface area contributed by atoms with Crippen molar-refractivity contribution in [3.63, 3.8) is 0 Å². The lowest BCUT2D eigenvalue weighted by Crippen LogP contribution is -2.41. The van der Waals surface area contributed by atoms with Crippen molar-refractivity contribution < 1.29 is 18.8 Å². The molecule has 0 saturated carbocycles. The number of nitrogens with one attached hydrogen (secondary N) is 2. The number of likely N-dealkylation sites (N-methyl/N-ethyl adjacent to an activating group) is 1. The standard InChI is InChI=1S/C19H20FN3O3/c1-23(13-18(25)22-16-9-7-15(20)8-10-16)19(26)12-21-17(24)11-14-5-3-2-4-6-14/h2-10H,11-13H2,1H3,(H,21,24)(H,22,25). The van der Waals surface area contributed by atoms with Gasteiger partial charge in [-0.05, 0) is 29.8 Å². The molecular weight excluding hydrogens is 337 g/mol. The number of nitrogens with zero attached hydrogens (tertiary/aromatic N) is 1. The van der Waals surface area contributed by atoms with Crippen LogP contribution in [0.4, 0.5) is 10.1 Å². The fourth-order valence-corrected chi connectivity index (χ4v) is 2.19. The van der Waals surface area contributed by atoms with Crippen LogP contribution in [0.25, 0.3) is 0 Å². The maximum Gasteiger partial charge on any atom is 0.243 e. The molecule has 0 unspecified atom stereocenters. The molecule has 0 spiro atoms. The largest absolute Gasteiger partial charge is 0.347 e. The van der Waals surface area contributed by atoms with E-state index < -0.39 is 11.7 Å². The molecule has 7 heteroatoms. The van der Waals surface area contributed by atoms with E-state index in [-0.39, 0.29) is 31.3 Å². The molecular formula is C19H20FN3O3. The van der Waals surface area contributed by atoms with Crippen molar-refractivity contribution in [1.29, 1.82) is 0 Å². The lowest BCUT2D eigenvalue weighted by Gasteiger charge is -2.17. The van der Waals surface area contributed by atoms with E-state index in [4.69, 9.17) is 0 Å². The summed E-state index contributed by atoms with van der Waals surface area (Å²) in [6.07, 6.45) is 0.183. The number of amides is 3. The predicted octanol–water partition coefficient (Wildman–Crippen LogP) is 1.58. The molecule has 0 radical (unpaired) electrons. The summed E-state index contributed by atoms with van der Waals surface area (Å²) in [6.45, 7) is -0.364. The zero-order valence-electron chi connectivity index (χ0n) is 14.4. The Hall–Kier alpha value is -3.22. The lowest BCUT2D eigenvalue weighted by atomic mass is 10.1. The molecule has 0 aromatic heterocycles. The van der Waals surface area contributed by atoms with Gasteiger partial charge in [-0.15, -0.1) is 0 Å². The highest BCUT2D eigenvalue weighted by Crippen LogP contribution is 2.08. The zero-order chi connectivity index (χ0) is 18.9. The number of halogens is 1. The van der Waals surface area contributed by atoms with Gasteiger partial charge in [0.1, 0.15) is 5.82 Å². The van der Waals surface area contributed by atoms with Gasteiger partial charge in [0, 0.05) is 12.7 Å². The first-order chi connectivity index (χ1) is 12.4. The Bertz CT molecular complexity index is 763. The van der Waals surface area contributed by atoms with E-state index in [1.54, 1.807) is 0 Å². The average Bonchev–Trinajstić information content (AvgIpc) is 2.62. The van der Waals surface area contributed by atoms with Gasteiger partial charge in [-0.1, -0.05) is 30.3 Å². The molecule has 3 amide bonds. The Balaban J connectivity index is 1.73. The predicted molar refractivity (Wildman–Crippen MR) is 95.8 cm³/mol. The number of carbonyl (C=O) groups is 3. The number of rotatable bonds is 7. The summed E-state index contributed by atoms with van der Waals surface area (Å²) in [6, 6.07) is 14.5. The van der Waals surface area contributed by atoms with E-state index in [9.17, 15) is 18.8 Å². The van der Waals surface area contributed by atoms with Crippen molar-refractivity contribution in [3.05, 3.63) is 66.0 Å². The quantitative estimate of drug-likeness (QED) is 0.790. The van der Waals surface area contributed by atoms with E-state index >= 15 is 0 Å². The number of hydrogen-bond acceptors (Lipinski definition) is 3. The first kappa shape index (κ1) is 19.1. The van der Waals surface area contributed by atoms with Crippen molar-refractivity contribution in [3.8, 4) is 0 Å². The molecule has 2 aromatic rings. The highest BCUT2D eigenvalue weighted by Gasteiger charge is 2.14. The molecule has 26 heavy (non-hydrogen) atoms.